The van der Waals surface area contributed by atoms with E-state index >= 15 is 0 Å². The molecule has 0 spiro atoms. The van der Waals surface area contributed by atoms with Gasteiger partial charge < -0.3 is 5.11 Å². The van der Waals surface area contributed by atoms with Crippen molar-refractivity contribution in [2.75, 3.05) is 0 Å². The van der Waals surface area contributed by atoms with Gasteiger partial charge in [-0.25, -0.2) is 12.8 Å². The van der Waals surface area contributed by atoms with Crippen LogP contribution in [0.2, 0.25) is 0 Å². The minimum atomic E-state index is -5.07. The van der Waals surface area contributed by atoms with Gasteiger partial charge in [-0.2, -0.15) is 17.9 Å². The van der Waals surface area contributed by atoms with Crippen molar-refractivity contribution in [1.29, 1.82) is 0 Å². The maximum absolute atomic E-state index is 13.1. The molecule has 1 atom stereocenters. The number of carboxylic acid groups (broad SMARTS) is 1. The molecule has 0 saturated carbocycles. The quantitative estimate of drug-likeness (QED) is 0.803. The van der Waals surface area contributed by atoms with E-state index < -0.39 is 50.4 Å². The zero-order valence-corrected chi connectivity index (χ0v) is 12.3. The summed E-state index contributed by atoms with van der Waals surface area (Å²) >= 11 is 0. The fourth-order valence-electron chi connectivity index (χ4n) is 1.60. The Labute approximate surface area is 124 Å². The highest BCUT2D eigenvalue weighted by Gasteiger charge is 2.36. The molecule has 0 aromatic heterocycles. The summed E-state index contributed by atoms with van der Waals surface area (Å²) in [5.74, 6) is -3.74. The first kappa shape index (κ1) is 18.4. The summed E-state index contributed by atoms with van der Waals surface area (Å²) in [5.41, 5.74) is -1.74. The SMILES string of the molecule is CC(C)[C@@H](NS(=O)(=O)c1ccc(F)c(C(F)(F)F)c1)C(=O)O. The third-order valence-corrected chi connectivity index (χ3v) is 4.21. The molecule has 0 aliphatic heterocycles. The largest absolute Gasteiger partial charge is 0.480 e. The van der Waals surface area contributed by atoms with Crippen LogP contribution in [-0.2, 0) is 21.0 Å². The van der Waals surface area contributed by atoms with Gasteiger partial charge in [0.25, 0.3) is 0 Å². The molecule has 0 heterocycles. The smallest absolute Gasteiger partial charge is 0.419 e. The number of halogens is 4. The molecular weight excluding hydrogens is 330 g/mol. The number of alkyl halides is 3. The Kier molecular flexibility index (Phi) is 5.18. The number of rotatable bonds is 5. The topological polar surface area (TPSA) is 83.5 Å². The van der Waals surface area contributed by atoms with Crippen LogP contribution in [0.5, 0.6) is 0 Å². The lowest BCUT2D eigenvalue weighted by Gasteiger charge is -2.18. The van der Waals surface area contributed by atoms with Crippen LogP contribution < -0.4 is 4.72 Å². The zero-order valence-electron chi connectivity index (χ0n) is 11.5. The normalized spacial score (nSPS) is 14.1. The summed E-state index contributed by atoms with van der Waals surface area (Å²) in [4.78, 5) is 10.1. The van der Waals surface area contributed by atoms with E-state index in [0.29, 0.717) is 12.1 Å². The third-order valence-electron chi connectivity index (χ3n) is 2.77. The molecule has 124 valence electrons. The molecule has 0 aliphatic rings. The predicted octanol–water partition coefficient (Wildman–Crippen LogP) is 2.23. The average molecular weight is 343 g/mol. The van der Waals surface area contributed by atoms with Crippen LogP contribution in [0.3, 0.4) is 0 Å². The van der Waals surface area contributed by atoms with Crippen molar-refractivity contribution in [2.45, 2.75) is 31.0 Å². The Balaban J connectivity index is 3.27. The van der Waals surface area contributed by atoms with Crippen LogP contribution in [0, 0.1) is 11.7 Å². The second kappa shape index (κ2) is 6.21. The summed E-state index contributed by atoms with van der Waals surface area (Å²) in [6.07, 6.45) is -5.07. The van der Waals surface area contributed by atoms with Gasteiger partial charge >= 0.3 is 12.1 Å². The van der Waals surface area contributed by atoms with Gasteiger partial charge in [0, 0.05) is 0 Å². The van der Waals surface area contributed by atoms with Gasteiger partial charge in [-0.05, 0) is 24.1 Å². The van der Waals surface area contributed by atoms with Crippen molar-refractivity contribution in [3.63, 3.8) is 0 Å². The van der Waals surface area contributed by atoms with Crippen LogP contribution in [-0.4, -0.2) is 25.5 Å². The molecule has 22 heavy (non-hydrogen) atoms. The van der Waals surface area contributed by atoms with Crippen LogP contribution in [0.4, 0.5) is 17.6 Å². The van der Waals surface area contributed by atoms with Gasteiger partial charge in [0.1, 0.15) is 11.9 Å². The number of benzene rings is 1. The first-order chi connectivity index (χ1) is 9.86. The maximum atomic E-state index is 13.1. The molecule has 0 saturated heterocycles. The molecule has 0 fully saturated rings. The van der Waals surface area contributed by atoms with E-state index in [4.69, 9.17) is 5.11 Å². The van der Waals surface area contributed by atoms with Gasteiger partial charge in [-0.15, -0.1) is 0 Å². The molecule has 10 heteroatoms. The molecule has 0 amide bonds. The van der Waals surface area contributed by atoms with E-state index in [2.05, 4.69) is 0 Å². The molecule has 5 nitrogen and oxygen atoms in total. The summed E-state index contributed by atoms with van der Waals surface area (Å²) in [6.45, 7) is 2.85. The van der Waals surface area contributed by atoms with Gasteiger partial charge in [-0.3, -0.25) is 4.79 Å². The van der Waals surface area contributed by atoms with E-state index in [1.807, 2.05) is 0 Å². The Morgan fingerprint density at radius 3 is 2.23 bits per heavy atom. The third kappa shape index (κ3) is 4.17. The van der Waals surface area contributed by atoms with Crippen LogP contribution in [0.25, 0.3) is 0 Å². The molecule has 0 radical (unpaired) electrons. The molecule has 1 aromatic rings. The number of hydrogen-bond donors (Lipinski definition) is 2. The molecule has 0 unspecified atom stereocenters. The van der Waals surface area contributed by atoms with Crippen molar-refractivity contribution in [1.82, 2.24) is 4.72 Å². The second-order valence-electron chi connectivity index (χ2n) is 4.82. The molecule has 0 aliphatic carbocycles. The monoisotopic (exact) mass is 343 g/mol. The van der Waals surface area contributed by atoms with Crippen molar-refractivity contribution in [3.05, 3.63) is 29.6 Å². The summed E-state index contributed by atoms with van der Waals surface area (Å²) in [6, 6.07) is -0.407. The lowest BCUT2D eigenvalue weighted by Crippen LogP contribution is -2.44. The summed E-state index contributed by atoms with van der Waals surface area (Å²) < 4.78 is 76.6. The van der Waals surface area contributed by atoms with E-state index in [1.165, 1.54) is 13.8 Å². The van der Waals surface area contributed by atoms with Crippen molar-refractivity contribution in [2.24, 2.45) is 5.92 Å². The number of carboxylic acids is 1. The lowest BCUT2D eigenvalue weighted by molar-refractivity contribution is -0.141. The maximum Gasteiger partial charge on any atom is 0.419 e. The van der Waals surface area contributed by atoms with Crippen molar-refractivity contribution >= 4 is 16.0 Å². The zero-order chi connectivity index (χ0) is 17.3. The van der Waals surface area contributed by atoms with E-state index in [9.17, 15) is 30.8 Å². The van der Waals surface area contributed by atoms with Gasteiger partial charge in [0.15, 0.2) is 0 Å². The van der Waals surface area contributed by atoms with E-state index in [-0.39, 0.29) is 6.07 Å². The van der Waals surface area contributed by atoms with Crippen LogP contribution in [0.1, 0.15) is 19.4 Å². The van der Waals surface area contributed by atoms with Gasteiger partial charge in [0.05, 0.1) is 10.5 Å². The van der Waals surface area contributed by atoms with Gasteiger partial charge in [-0.1, -0.05) is 13.8 Å². The van der Waals surface area contributed by atoms with E-state index in [0.717, 1.165) is 0 Å². The standard InChI is InChI=1S/C12H13F4NO4S/c1-6(2)10(11(18)19)17-22(20,21)7-3-4-9(13)8(5-7)12(14,15)16/h3-6,10,17H,1-2H3,(H,18,19)/t10-/m1/s1. The predicted molar refractivity (Wildman–Crippen MR) is 68.0 cm³/mol. The minimum absolute atomic E-state index is 0.122. The summed E-state index contributed by atoms with van der Waals surface area (Å²) in [5, 5.41) is 8.91. The van der Waals surface area contributed by atoms with Crippen molar-refractivity contribution < 1.29 is 35.9 Å². The minimum Gasteiger partial charge on any atom is -0.480 e. The number of sulfonamides is 1. The number of hydrogen-bond acceptors (Lipinski definition) is 3. The average Bonchev–Trinajstić information content (AvgIpc) is 2.34. The number of carbonyl (C=O) groups is 1. The molecule has 2 N–H and O–H groups in total. The molecular formula is C12H13F4NO4S. The number of aliphatic carboxylic acids is 1. The highest BCUT2D eigenvalue weighted by Crippen LogP contribution is 2.32. The Morgan fingerprint density at radius 2 is 1.82 bits per heavy atom. The van der Waals surface area contributed by atoms with Crippen LogP contribution >= 0.6 is 0 Å². The Hall–Kier alpha value is -1.68. The lowest BCUT2D eigenvalue weighted by atomic mass is 10.1. The first-order valence-corrected chi connectivity index (χ1v) is 7.46. The summed E-state index contributed by atoms with van der Waals surface area (Å²) in [7, 11) is -4.55. The number of nitrogens with one attached hydrogen (secondary N) is 1. The fraction of sp³-hybridized carbons (Fsp3) is 0.417. The Morgan fingerprint density at radius 1 is 1.27 bits per heavy atom. The fourth-order valence-corrected chi connectivity index (χ4v) is 2.96. The van der Waals surface area contributed by atoms with Crippen LogP contribution in [0.15, 0.2) is 23.1 Å². The Bertz CT molecular complexity index is 670. The second-order valence-corrected chi connectivity index (χ2v) is 6.53. The molecule has 1 aromatic carbocycles. The molecule has 0 bridgehead atoms. The molecule has 1 rings (SSSR count). The van der Waals surface area contributed by atoms with Crippen molar-refractivity contribution in [3.8, 4) is 0 Å². The first-order valence-electron chi connectivity index (χ1n) is 5.98. The van der Waals surface area contributed by atoms with Gasteiger partial charge in [0.2, 0.25) is 10.0 Å². The van der Waals surface area contributed by atoms with E-state index in [1.54, 1.807) is 4.72 Å². The highest BCUT2D eigenvalue weighted by atomic mass is 32.2. The highest BCUT2D eigenvalue weighted by molar-refractivity contribution is 7.89.